The van der Waals surface area contributed by atoms with Crippen molar-refractivity contribution in [1.82, 2.24) is 14.5 Å². The first kappa shape index (κ1) is 13.1. The molecule has 1 aromatic heterocycles. The van der Waals surface area contributed by atoms with Crippen molar-refractivity contribution in [1.29, 1.82) is 0 Å². The van der Waals surface area contributed by atoms with Crippen molar-refractivity contribution in [2.45, 2.75) is 56.9 Å². The Hall–Kier alpha value is -0.880. The molecule has 6 heteroatoms. The maximum atomic E-state index is 12.9. The summed E-state index contributed by atoms with van der Waals surface area (Å²) in [5, 5.41) is 6.82. The van der Waals surface area contributed by atoms with E-state index in [2.05, 4.69) is 10.2 Å². The van der Waals surface area contributed by atoms with Crippen molar-refractivity contribution in [3.63, 3.8) is 0 Å². The molecule has 2 unspecified atom stereocenters. The van der Waals surface area contributed by atoms with Gasteiger partial charge in [0.1, 0.15) is 4.90 Å². The lowest BCUT2D eigenvalue weighted by Crippen LogP contribution is -2.46. The third-order valence-corrected chi connectivity index (χ3v) is 6.76. The second-order valence-electron chi connectivity index (χ2n) is 5.78. The van der Waals surface area contributed by atoms with Crippen LogP contribution >= 0.6 is 0 Å². The minimum Gasteiger partial charge on any atom is -0.281 e. The maximum absolute atomic E-state index is 12.9. The fourth-order valence-electron chi connectivity index (χ4n) is 3.74. The molecular formula is C13H21N3O2S. The highest BCUT2D eigenvalue weighted by atomic mass is 32.2. The quantitative estimate of drug-likeness (QED) is 0.902. The van der Waals surface area contributed by atoms with E-state index in [1.165, 1.54) is 12.8 Å². The number of aromatic amines is 1. The summed E-state index contributed by atoms with van der Waals surface area (Å²) in [7, 11) is -3.39. The monoisotopic (exact) mass is 283 g/mol. The Morgan fingerprint density at radius 1 is 1.21 bits per heavy atom. The number of sulfonamides is 1. The summed E-state index contributed by atoms with van der Waals surface area (Å²) in [6, 6.07) is 0.215. The van der Waals surface area contributed by atoms with Gasteiger partial charge in [-0.2, -0.15) is 9.40 Å². The zero-order valence-corrected chi connectivity index (χ0v) is 12.3. The maximum Gasteiger partial charge on any atom is 0.246 e. The Morgan fingerprint density at radius 2 is 1.95 bits per heavy atom. The molecule has 1 saturated heterocycles. The number of H-pyrrole nitrogens is 1. The zero-order chi connectivity index (χ0) is 13.6. The Labute approximate surface area is 114 Å². The van der Waals surface area contributed by atoms with Gasteiger partial charge in [0.05, 0.1) is 11.4 Å². The average molecular weight is 283 g/mol. The van der Waals surface area contributed by atoms with Crippen molar-refractivity contribution >= 4 is 10.0 Å². The molecule has 2 heterocycles. The molecule has 1 aliphatic heterocycles. The van der Waals surface area contributed by atoms with Crippen LogP contribution < -0.4 is 0 Å². The molecule has 2 atom stereocenters. The Morgan fingerprint density at radius 3 is 2.63 bits per heavy atom. The second-order valence-corrected chi connectivity index (χ2v) is 7.61. The summed E-state index contributed by atoms with van der Waals surface area (Å²) in [5.74, 6) is 0.566. The van der Waals surface area contributed by atoms with Crippen LogP contribution in [0.1, 0.15) is 43.5 Å². The van der Waals surface area contributed by atoms with Crippen molar-refractivity contribution in [2.24, 2.45) is 5.92 Å². The first-order valence-corrected chi connectivity index (χ1v) is 8.49. The number of nitrogens with zero attached hydrogens (tertiary/aromatic N) is 2. The number of hydrogen-bond donors (Lipinski definition) is 1. The Balaban J connectivity index is 2.00. The Bertz CT molecular complexity index is 559. The smallest absolute Gasteiger partial charge is 0.246 e. The summed E-state index contributed by atoms with van der Waals surface area (Å²) in [6.45, 7) is 4.20. The summed E-state index contributed by atoms with van der Waals surface area (Å²) < 4.78 is 27.5. The number of fused-ring (bicyclic) bond motifs is 1. The number of aryl methyl sites for hydroxylation is 2. The van der Waals surface area contributed by atoms with E-state index in [9.17, 15) is 8.42 Å². The molecule has 19 heavy (non-hydrogen) atoms. The lowest BCUT2D eigenvalue weighted by Gasteiger charge is -2.36. The van der Waals surface area contributed by atoms with Gasteiger partial charge in [0.15, 0.2) is 0 Å². The highest BCUT2D eigenvalue weighted by Crippen LogP contribution is 2.39. The average Bonchev–Trinajstić information content (AvgIpc) is 2.95. The number of rotatable bonds is 2. The van der Waals surface area contributed by atoms with Gasteiger partial charge in [-0.15, -0.1) is 0 Å². The lowest BCUT2D eigenvalue weighted by atomic mass is 9.94. The van der Waals surface area contributed by atoms with E-state index in [4.69, 9.17) is 0 Å². The molecule has 0 aromatic carbocycles. The third-order valence-electron chi connectivity index (χ3n) is 4.57. The van der Waals surface area contributed by atoms with Crippen LogP contribution in [-0.2, 0) is 10.0 Å². The van der Waals surface area contributed by atoms with Gasteiger partial charge in [0.25, 0.3) is 0 Å². The molecule has 1 saturated carbocycles. The van der Waals surface area contributed by atoms with Crippen LogP contribution in [-0.4, -0.2) is 35.5 Å². The molecule has 1 aliphatic carbocycles. The molecule has 0 spiro atoms. The predicted molar refractivity (Wildman–Crippen MR) is 72.3 cm³/mol. The zero-order valence-electron chi connectivity index (χ0n) is 11.5. The van der Waals surface area contributed by atoms with E-state index >= 15 is 0 Å². The van der Waals surface area contributed by atoms with Gasteiger partial charge in [-0.3, -0.25) is 5.10 Å². The first-order chi connectivity index (χ1) is 9.01. The topological polar surface area (TPSA) is 66.1 Å². The molecule has 2 aliphatic rings. The van der Waals surface area contributed by atoms with E-state index in [1.54, 1.807) is 18.2 Å². The summed E-state index contributed by atoms with van der Waals surface area (Å²) >= 11 is 0. The van der Waals surface area contributed by atoms with E-state index in [-0.39, 0.29) is 6.04 Å². The number of aromatic nitrogens is 2. The van der Waals surface area contributed by atoms with Crippen LogP contribution in [0, 0.1) is 19.8 Å². The van der Waals surface area contributed by atoms with Crippen LogP contribution in [0.4, 0.5) is 0 Å². The van der Waals surface area contributed by atoms with Crippen LogP contribution in [0.25, 0.3) is 0 Å². The van der Waals surface area contributed by atoms with E-state index in [1.807, 2.05) is 0 Å². The summed E-state index contributed by atoms with van der Waals surface area (Å²) in [4.78, 5) is 0.389. The standard InChI is InChI=1S/C13H21N3O2S/c1-9-13(10(2)15-14-9)19(17,18)16-8-4-6-11-5-3-7-12(11)16/h11-12H,3-8H2,1-2H3,(H,14,15). The van der Waals surface area contributed by atoms with Crippen molar-refractivity contribution < 1.29 is 8.42 Å². The molecule has 106 valence electrons. The summed E-state index contributed by atoms with van der Waals surface area (Å²) in [6.07, 6.45) is 5.51. The minimum absolute atomic E-state index is 0.215. The van der Waals surface area contributed by atoms with Crippen LogP contribution in [0.15, 0.2) is 4.90 Å². The van der Waals surface area contributed by atoms with Gasteiger partial charge in [-0.25, -0.2) is 8.42 Å². The molecule has 0 radical (unpaired) electrons. The SMILES string of the molecule is Cc1n[nH]c(C)c1S(=O)(=O)N1CCCC2CCCC21. The van der Waals surface area contributed by atoms with Crippen LogP contribution in [0.5, 0.6) is 0 Å². The second kappa shape index (κ2) is 4.59. The van der Waals surface area contributed by atoms with Crippen LogP contribution in [0.2, 0.25) is 0 Å². The van der Waals surface area contributed by atoms with Gasteiger partial charge in [0, 0.05) is 12.6 Å². The van der Waals surface area contributed by atoms with E-state index in [0.29, 0.717) is 28.7 Å². The van der Waals surface area contributed by atoms with Gasteiger partial charge in [-0.1, -0.05) is 6.42 Å². The summed E-state index contributed by atoms with van der Waals surface area (Å²) in [5.41, 5.74) is 1.23. The lowest BCUT2D eigenvalue weighted by molar-refractivity contribution is 0.202. The van der Waals surface area contributed by atoms with Crippen molar-refractivity contribution in [2.75, 3.05) is 6.54 Å². The molecular weight excluding hydrogens is 262 g/mol. The molecule has 1 aromatic rings. The highest BCUT2D eigenvalue weighted by molar-refractivity contribution is 7.89. The van der Waals surface area contributed by atoms with Crippen molar-refractivity contribution in [3.05, 3.63) is 11.4 Å². The van der Waals surface area contributed by atoms with Crippen LogP contribution in [0.3, 0.4) is 0 Å². The normalized spacial score (nSPS) is 28.5. The van der Waals surface area contributed by atoms with E-state index < -0.39 is 10.0 Å². The molecule has 0 amide bonds. The van der Waals surface area contributed by atoms with E-state index in [0.717, 1.165) is 19.3 Å². The van der Waals surface area contributed by atoms with Gasteiger partial charge >= 0.3 is 0 Å². The molecule has 1 N–H and O–H groups in total. The van der Waals surface area contributed by atoms with Gasteiger partial charge < -0.3 is 0 Å². The Kier molecular flexibility index (Phi) is 3.17. The molecule has 0 bridgehead atoms. The fraction of sp³-hybridized carbons (Fsp3) is 0.769. The number of nitrogens with one attached hydrogen (secondary N) is 1. The minimum atomic E-state index is -3.39. The third kappa shape index (κ3) is 2.01. The predicted octanol–water partition coefficient (Wildman–Crippen LogP) is 1.98. The molecule has 5 nitrogen and oxygen atoms in total. The molecule has 3 rings (SSSR count). The first-order valence-electron chi connectivity index (χ1n) is 7.05. The van der Waals surface area contributed by atoms with Gasteiger partial charge in [0.2, 0.25) is 10.0 Å². The highest BCUT2D eigenvalue weighted by Gasteiger charge is 2.42. The fourth-order valence-corrected chi connectivity index (χ4v) is 5.83. The largest absolute Gasteiger partial charge is 0.281 e. The number of piperidine rings is 1. The van der Waals surface area contributed by atoms with Crippen molar-refractivity contribution in [3.8, 4) is 0 Å². The number of hydrogen-bond acceptors (Lipinski definition) is 3. The molecule has 2 fully saturated rings. The van der Waals surface area contributed by atoms with Gasteiger partial charge in [-0.05, 0) is 45.4 Å².